The molecule has 0 atom stereocenters. The largest absolute Gasteiger partial charge is 0.494 e. The number of benzene rings is 2. The first kappa shape index (κ1) is 24.8. The van der Waals surface area contributed by atoms with E-state index in [1.165, 1.54) is 38.5 Å². The van der Waals surface area contributed by atoms with Crippen LogP contribution in [0.2, 0.25) is 0 Å². The number of methoxy groups -OCH3 is 2. The second-order valence-electron chi connectivity index (χ2n) is 7.16. The van der Waals surface area contributed by atoms with Gasteiger partial charge in [0.2, 0.25) is 0 Å². The number of hydrogen-bond donors (Lipinski definition) is 1. The fraction of sp³-hybridized carbons (Fsp3) is 0.240. The number of ether oxygens (including phenoxy) is 3. The molecule has 0 spiro atoms. The molecular weight excluding hydrogens is 448 g/mol. The van der Waals surface area contributed by atoms with E-state index < -0.39 is 17.4 Å². The summed E-state index contributed by atoms with van der Waals surface area (Å²) in [5.41, 5.74) is 0.398. The lowest BCUT2D eigenvalue weighted by molar-refractivity contribution is 0.0914. The zero-order valence-electron chi connectivity index (χ0n) is 18.6. The molecule has 0 saturated heterocycles. The number of carbonyl (C=O) groups is 2. The minimum Gasteiger partial charge on any atom is -0.494 e. The average Bonchev–Trinajstić information content (AvgIpc) is 2.85. The lowest BCUT2D eigenvalue weighted by Crippen LogP contribution is -2.09. The second-order valence-corrected chi connectivity index (χ2v) is 7.16. The van der Waals surface area contributed by atoms with E-state index in [0.29, 0.717) is 17.1 Å². The van der Waals surface area contributed by atoms with Crippen molar-refractivity contribution in [3.8, 4) is 28.5 Å². The standard InChI is InChI=1S/C25H23F2NO6/c1-32-23-10-6-19(28-25(23)17-5-4-16(26)14-18(17)27)21(31)8-7-20(30)15-3-9-22(34-12-11-29)24(13-15)33-2/h3-6,9-10,13-14,29H,7-8,11-12H2,1-2H3. The molecule has 178 valence electrons. The number of halogens is 2. The summed E-state index contributed by atoms with van der Waals surface area (Å²) in [6, 6.07) is 10.5. The number of nitrogens with zero attached hydrogens (tertiary/aromatic N) is 1. The molecule has 3 rings (SSSR count). The summed E-state index contributed by atoms with van der Waals surface area (Å²) in [6.45, 7) is -0.0856. The number of rotatable bonds is 11. The topological polar surface area (TPSA) is 95.0 Å². The molecule has 1 aromatic heterocycles. The fourth-order valence-corrected chi connectivity index (χ4v) is 3.26. The molecule has 2 aromatic carbocycles. The van der Waals surface area contributed by atoms with Crippen LogP contribution in [-0.2, 0) is 0 Å². The van der Waals surface area contributed by atoms with Crippen molar-refractivity contribution < 1.29 is 37.7 Å². The minimum atomic E-state index is -0.842. The third-order valence-corrected chi connectivity index (χ3v) is 4.96. The average molecular weight is 471 g/mol. The lowest BCUT2D eigenvalue weighted by Gasteiger charge is -2.11. The van der Waals surface area contributed by atoms with Crippen LogP contribution in [0.3, 0.4) is 0 Å². The molecule has 0 fully saturated rings. The Morgan fingerprint density at radius 3 is 2.26 bits per heavy atom. The van der Waals surface area contributed by atoms with E-state index in [0.717, 1.165) is 12.1 Å². The molecule has 1 N–H and O–H groups in total. The van der Waals surface area contributed by atoms with Crippen molar-refractivity contribution in [3.63, 3.8) is 0 Å². The van der Waals surface area contributed by atoms with Crippen LogP contribution in [0.25, 0.3) is 11.3 Å². The number of carbonyl (C=O) groups excluding carboxylic acids is 2. The molecule has 7 nitrogen and oxygen atoms in total. The van der Waals surface area contributed by atoms with Crippen molar-refractivity contribution in [2.75, 3.05) is 27.4 Å². The van der Waals surface area contributed by atoms with Gasteiger partial charge in [0, 0.05) is 30.0 Å². The number of Topliss-reactive ketones (excluding diaryl/α,β-unsaturated/α-hetero) is 2. The van der Waals surface area contributed by atoms with Gasteiger partial charge in [-0.25, -0.2) is 13.8 Å². The van der Waals surface area contributed by atoms with Crippen molar-refractivity contribution in [3.05, 3.63) is 71.4 Å². The quantitative estimate of drug-likeness (QED) is 0.418. The predicted octanol–water partition coefficient (Wildman–Crippen LogP) is 4.26. The van der Waals surface area contributed by atoms with Crippen LogP contribution in [0.1, 0.15) is 33.7 Å². The maximum absolute atomic E-state index is 14.3. The molecule has 1 heterocycles. The van der Waals surface area contributed by atoms with E-state index in [2.05, 4.69) is 4.98 Å². The van der Waals surface area contributed by atoms with Gasteiger partial charge >= 0.3 is 0 Å². The fourth-order valence-electron chi connectivity index (χ4n) is 3.26. The van der Waals surface area contributed by atoms with E-state index in [1.807, 2.05) is 0 Å². The van der Waals surface area contributed by atoms with Gasteiger partial charge in [-0.15, -0.1) is 0 Å². The van der Waals surface area contributed by atoms with E-state index in [9.17, 15) is 18.4 Å². The second kappa shape index (κ2) is 11.3. The Hall–Kier alpha value is -3.85. The van der Waals surface area contributed by atoms with Crippen molar-refractivity contribution in [2.24, 2.45) is 0 Å². The highest BCUT2D eigenvalue weighted by Crippen LogP contribution is 2.31. The normalized spacial score (nSPS) is 10.6. The predicted molar refractivity (Wildman–Crippen MR) is 120 cm³/mol. The maximum atomic E-state index is 14.3. The van der Waals surface area contributed by atoms with Gasteiger partial charge in [-0.2, -0.15) is 0 Å². The van der Waals surface area contributed by atoms with Gasteiger partial charge in [0.15, 0.2) is 23.1 Å². The van der Waals surface area contributed by atoms with Crippen LogP contribution >= 0.6 is 0 Å². The summed E-state index contributed by atoms with van der Waals surface area (Å²) in [5, 5.41) is 8.89. The summed E-state index contributed by atoms with van der Waals surface area (Å²) in [4.78, 5) is 29.6. The van der Waals surface area contributed by atoms with Crippen LogP contribution in [0.5, 0.6) is 17.2 Å². The molecule has 0 radical (unpaired) electrons. The molecule has 3 aromatic rings. The SMILES string of the molecule is COc1cc(C(=O)CCC(=O)c2ccc(OC)c(-c3ccc(F)cc3F)n2)ccc1OCCO. The molecule has 0 amide bonds. The molecule has 0 aliphatic carbocycles. The summed E-state index contributed by atoms with van der Waals surface area (Å²) < 4.78 is 43.4. The van der Waals surface area contributed by atoms with Crippen LogP contribution in [0.15, 0.2) is 48.5 Å². The van der Waals surface area contributed by atoms with Crippen molar-refractivity contribution in [1.82, 2.24) is 4.98 Å². The van der Waals surface area contributed by atoms with Gasteiger partial charge in [-0.05, 0) is 42.5 Å². The highest BCUT2D eigenvalue weighted by molar-refractivity contribution is 6.02. The molecule has 0 bridgehead atoms. The van der Waals surface area contributed by atoms with Crippen molar-refractivity contribution >= 4 is 11.6 Å². The Morgan fingerprint density at radius 1 is 0.882 bits per heavy atom. The van der Waals surface area contributed by atoms with Crippen LogP contribution < -0.4 is 14.2 Å². The third-order valence-electron chi connectivity index (χ3n) is 4.96. The number of hydrogen-bond acceptors (Lipinski definition) is 7. The van der Waals surface area contributed by atoms with E-state index in [-0.39, 0.29) is 54.5 Å². The van der Waals surface area contributed by atoms with Gasteiger partial charge in [0.1, 0.15) is 35.4 Å². The Morgan fingerprint density at radius 2 is 1.59 bits per heavy atom. The Labute approximate surface area is 194 Å². The molecule has 0 aliphatic heterocycles. The van der Waals surface area contributed by atoms with Crippen LogP contribution in [0.4, 0.5) is 8.78 Å². The summed E-state index contributed by atoms with van der Waals surface area (Å²) in [6.07, 6.45) is -0.221. The summed E-state index contributed by atoms with van der Waals surface area (Å²) >= 11 is 0. The number of pyridine rings is 1. The number of aliphatic hydroxyl groups is 1. The van der Waals surface area contributed by atoms with Gasteiger partial charge < -0.3 is 19.3 Å². The molecule has 9 heteroatoms. The minimum absolute atomic E-state index is 0.0143. The first-order valence-electron chi connectivity index (χ1n) is 10.4. The molecular formula is C25H23F2NO6. The molecule has 0 saturated carbocycles. The smallest absolute Gasteiger partial charge is 0.181 e. The first-order valence-corrected chi connectivity index (χ1v) is 10.4. The Kier molecular flexibility index (Phi) is 8.26. The molecule has 0 unspecified atom stereocenters. The highest BCUT2D eigenvalue weighted by atomic mass is 19.1. The van der Waals surface area contributed by atoms with Gasteiger partial charge in [0.05, 0.1) is 20.8 Å². The zero-order chi connectivity index (χ0) is 24.7. The van der Waals surface area contributed by atoms with Crippen LogP contribution in [-0.4, -0.2) is 49.1 Å². The van der Waals surface area contributed by atoms with Crippen LogP contribution in [0, 0.1) is 11.6 Å². The number of aromatic nitrogens is 1. The van der Waals surface area contributed by atoms with Gasteiger partial charge in [-0.3, -0.25) is 9.59 Å². The monoisotopic (exact) mass is 471 g/mol. The first-order chi connectivity index (χ1) is 16.4. The van der Waals surface area contributed by atoms with Crippen molar-refractivity contribution in [1.29, 1.82) is 0 Å². The molecule has 34 heavy (non-hydrogen) atoms. The zero-order valence-corrected chi connectivity index (χ0v) is 18.6. The number of ketones is 2. The van der Waals surface area contributed by atoms with E-state index in [4.69, 9.17) is 19.3 Å². The van der Waals surface area contributed by atoms with Crippen molar-refractivity contribution in [2.45, 2.75) is 12.8 Å². The summed E-state index contributed by atoms with van der Waals surface area (Å²) in [7, 11) is 2.80. The van der Waals surface area contributed by atoms with Gasteiger partial charge in [0.25, 0.3) is 0 Å². The Balaban J connectivity index is 1.75. The lowest BCUT2D eigenvalue weighted by atomic mass is 10.0. The third kappa shape index (κ3) is 5.74. The van der Waals surface area contributed by atoms with E-state index in [1.54, 1.807) is 12.1 Å². The summed E-state index contributed by atoms with van der Waals surface area (Å²) in [5.74, 6) is -1.37. The van der Waals surface area contributed by atoms with E-state index >= 15 is 0 Å². The number of aliphatic hydroxyl groups excluding tert-OH is 1. The Bertz CT molecular complexity index is 1200. The molecule has 0 aliphatic rings. The maximum Gasteiger partial charge on any atom is 0.181 e. The highest BCUT2D eigenvalue weighted by Gasteiger charge is 2.19. The van der Waals surface area contributed by atoms with Gasteiger partial charge in [-0.1, -0.05) is 0 Å².